The van der Waals surface area contributed by atoms with Gasteiger partial charge in [0.05, 0.1) is 20.3 Å². The third-order valence-electron chi connectivity index (χ3n) is 4.49. The molecule has 0 bridgehead atoms. The van der Waals surface area contributed by atoms with E-state index in [1.54, 1.807) is 12.1 Å². The summed E-state index contributed by atoms with van der Waals surface area (Å²) in [6.45, 7) is 2.74. The highest BCUT2D eigenvalue weighted by Gasteiger charge is 2.26. The predicted molar refractivity (Wildman–Crippen MR) is 115 cm³/mol. The van der Waals surface area contributed by atoms with Crippen molar-refractivity contribution in [3.05, 3.63) is 29.8 Å². The van der Waals surface area contributed by atoms with Crippen molar-refractivity contribution in [2.75, 3.05) is 20.3 Å². The summed E-state index contributed by atoms with van der Waals surface area (Å²) in [5.74, 6) is -2.43. The molecule has 1 aromatic carbocycles. The number of benzene rings is 1. The van der Waals surface area contributed by atoms with Crippen molar-refractivity contribution in [3.63, 3.8) is 0 Å². The number of carbonyl (C=O) groups excluding carboxylic acids is 4. The summed E-state index contributed by atoms with van der Waals surface area (Å²) in [5.41, 5.74) is 6.13. The van der Waals surface area contributed by atoms with Crippen LogP contribution in [0.4, 0.5) is 0 Å². The number of phenols is 1. The van der Waals surface area contributed by atoms with Crippen LogP contribution in [0.2, 0.25) is 0 Å². The fraction of sp³-hybridized carbons (Fsp3) is 0.524. The van der Waals surface area contributed by atoms with Gasteiger partial charge in [-0.1, -0.05) is 26.0 Å². The fourth-order valence-corrected chi connectivity index (χ4v) is 2.80. The van der Waals surface area contributed by atoms with E-state index in [4.69, 9.17) is 15.6 Å². The molecular formula is C21H32N4O7. The van der Waals surface area contributed by atoms with Crippen LogP contribution in [0.5, 0.6) is 5.75 Å². The third-order valence-corrected chi connectivity index (χ3v) is 4.49. The zero-order chi connectivity index (χ0) is 24.3. The van der Waals surface area contributed by atoms with Gasteiger partial charge >= 0.3 is 5.97 Å². The topological polar surface area (TPSA) is 180 Å². The quantitative estimate of drug-likeness (QED) is 0.209. The lowest BCUT2D eigenvalue weighted by molar-refractivity contribution is -0.145. The van der Waals surface area contributed by atoms with E-state index in [1.807, 2.05) is 13.8 Å². The molecular weight excluding hydrogens is 420 g/mol. The molecule has 32 heavy (non-hydrogen) atoms. The van der Waals surface area contributed by atoms with Crippen LogP contribution in [0.15, 0.2) is 24.3 Å². The van der Waals surface area contributed by atoms with Gasteiger partial charge in [-0.05, 0) is 30.0 Å². The van der Waals surface area contributed by atoms with Crippen LogP contribution in [0, 0.1) is 5.92 Å². The van der Waals surface area contributed by atoms with Crippen LogP contribution in [-0.2, 0) is 30.3 Å². The standard InChI is InChI=1S/C21H32N4O7/c1-12(2)8-17(21(31)32-3)24-18(28)10-23-20(30)16(25-19(29)15(22)11-26)9-13-4-6-14(27)7-5-13/h4-7,12,15-17,26-27H,8-11,22H2,1-3H3,(H,23,30)(H,24,28)(H,25,29)/t15-,16-,17-/m0/s1. The Morgan fingerprint density at radius 1 is 1.03 bits per heavy atom. The van der Waals surface area contributed by atoms with Gasteiger partial charge in [-0.2, -0.15) is 0 Å². The van der Waals surface area contributed by atoms with Gasteiger partial charge in [-0.25, -0.2) is 4.79 Å². The molecule has 0 saturated heterocycles. The molecule has 1 rings (SSSR count). The molecule has 178 valence electrons. The first kappa shape index (κ1) is 26.9. The average molecular weight is 453 g/mol. The van der Waals surface area contributed by atoms with Gasteiger partial charge in [0.1, 0.15) is 23.9 Å². The molecule has 0 saturated carbocycles. The number of esters is 1. The SMILES string of the molecule is COC(=O)[C@H](CC(C)C)NC(=O)CNC(=O)[C@H](Cc1ccc(O)cc1)NC(=O)[C@@H](N)CO. The number of ether oxygens (including phenoxy) is 1. The molecule has 0 aromatic heterocycles. The number of phenolic OH excluding ortho intramolecular Hbond substituents is 1. The zero-order valence-corrected chi connectivity index (χ0v) is 18.5. The first-order chi connectivity index (χ1) is 15.1. The highest BCUT2D eigenvalue weighted by atomic mass is 16.5. The van der Waals surface area contributed by atoms with Gasteiger partial charge in [-0.3, -0.25) is 14.4 Å². The molecule has 0 aliphatic carbocycles. The Bertz CT molecular complexity index is 783. The molecule has 0 spiro atoms. The van der Waals surface area contributed by atoms with E-state index in [1.165, 1.54) is 19.2 Å². The van der Waals surface area contributed by atoms with Crippen LogP contribution < -0.4 is 21.7 Å². The summed E-state index contributed by atoms with van der Waals surface area (Å²) in [6, 6.07) is 2.86. The number of hydrogen-bond acceptors (Lipinski definition) is 8. The van der Waals surface area contributed by atoms with Crippen LogP contribution in [0.3, 0.4) is 0 Å². The molecule has 0 fully saturated rings. The second-order valence-corrected chi connectivity index (χ2v) is 7.71. The number of rotatable bonds is 12. The van der Waals surface area contributed by atoms with Gasteiger partial charge in [0, 0.05) is 6.42 Å². The summed E-state index contributed by atoms with van der Waals surface area (Å²) in [7, 11) is 1.22. The number of aliphatic hydroxyl groups excluding tert-OH is 1. The third kappa shape index (κ3) is 9.31. The Morgan fingerprint density at radius 2 is 1.66 bits per heavy atom. The Balaban J connectivity index is 2.80. The lowest BCUT2D eigenvalue weighted by atomic mass is 10.0. The molecule has 1 aromatic rings. The molecule has 0 unspecified atom stereocenters. The Hall–Kier alpha value is -3.18. The number of aromatic hydroxyl groups is 1. The van der Waals surface area contributed by atoms with Gasteiger partial charge in [0.25, 0.3) is 0 Å². The lowest BCUT2D eigenvalue weighted by Crippen LogP contribution is -2.55. The van der Waals surface area contributed by atoms with E-state index in [9.17, 15) is 24.3 Å². The minimum Gasteiger partial charge on any atom is -0.508 e. The number of amides is 3. The van der Waals surface area contributed by atoms with E-state index in [0.717, 1.165) is 0 Å². The van der Waals surface area contributed by atoms with Crippen molar-refractivity contribution in [3.8, 4) is 5.75 Å². The summed E-state index contributed by atoms with van der Waals surface area (Å²) < 4.78 is 4.69. The van der Waals surface area contributed by atoms with Crippen molar-refractivity contribution in [1.82, 2.24) is 16.0 Å². The predicted octanol–water partition coefficient (Wildman–Crippen LogP) is -1.44. The summed E-state index contributed by atoms with van der Waals surface area (Å²) in [5, 5.41) is 25.9. The maximum Gasteiger partial charge on any atom is 0.328 e. The van der Waals surface area contributed by atoms with Crippen LogP contribution >= 0.6 is 0 Å². The molecule has 0 radical (unpaired) electrons. The monoisotopic (exact) mass is 452 g/mol. The Labute approximate surface area is 186 Å². The number of nitrogens with two attached hydrogens (primary N) is 1. The van der Waals surface area contributed by atoms with E-state index < -0.39 is 55.0 Å². The van der Waals surface area contributed by atoms with Gasteiger partial charge in [0.15, 0.2) is 0 Å². The smallest absolute Gasteiger partial charge is 0.328 e. The van der Waals surface area contributed by atoms with Crippen molar-refractivity contribution in [1.29, 1.82) is 0 Å². The molecule has 7 N–H and O–H groups in total. The fourth-order valence-electron chi connectivity index (χ4n) is 2.80. The largest absolute Gasteiger partial charge is 0.508 e. The van der Waals surface area contributed by atoms with E-state index in [0.29, 0.717) is 12.0 Å². The summed E-state index contributed by atoms with van der Waals surface area (Å²) >= 11 is 0. The van der Waals surface area contributed by atoms with Crippen molar-refractivity contribution in [2.24, 2.45) is 11.7 Å². The molecule has 11 nitrogen and oxygen atoms in total. The van der Waals surface area contributed by atoms with Crippen molar-refractivity contribution >= 4 is 23.7 Å². The average Bonchev–Trinajstić information content (AvgIpc) is 2.76. The Kier molecular flexibility index (Phi) is 11.1. The second-order valence-electron chi connectivity index (χ2n) is 7.71. The molecule has 0 heterocycles. The van der Waals surface area contributed by atoms with Gasteiger partial charge in [-0.15, -0.1) is 0 Å². The first-order valence-corrected chi connectivity index (χ1v) is 10.2. The van der Waals surface area contributed by atoms with Crippen LogP contribution in [-0.4, -0.2) is 72.3 Å². The van der Waals surface area contributed by atoms with Gasteiger partial charge in [0.2, 0.25) is 17.7 Å². The normalized spacial score (nSPS) is 13.6. The highest BCUT2D eigenvalue weighted by molar-refractivity contribution is 5.92. The zero-order valence-electron chi connectivity index (χ0n) is 18.5. The molecule has 3 amide bonds. The van der Waals surface area contributed by atoms with Crippen molar-refractivity contribution in [2.45, 2.75) is 44.8 Å². The maximum absolute atomic E-state index is 12.7. The molecule has 3 atom stereocenters. The summed E-state index contributed by atoms with van der Waals surface area (Å²) in [4.78, 5) is 48.9. The van der Waals surface area contributed by atoms with Crippen molar-refractivity contribution < 1.29 is 34.1 Å². The minimum absolute atomic E-state index is 0.0410. The highest BCUT2D eigenvalue weighted by Crippen LogP contribution is 2.11. The lowest BCUT2D eigenvalue weighted by Gasteiger charge is -2.21. The number of aliphatic hydroxyl groups is 1. The van der Waals surface area contributed by atoms with E-state index in [2.05, 4.69) is 16.0 Å². The van der Waals surface area contributed by atoms with E-state index in [-0.39, 0.29) is 18.1 Å². The number of carbonyl (C=O) groups is 4. The molecule has 11 heteroatoms. The summed E-state index contributed by atoms with van der Waals surface area (Å²) in [6.07, 6.45) is 0.417. The number of nitrogens with one attached hydrogen (secondary N) is 3. The van der Waals surface area contributed by atoms with Crippen LogP contribution in [0.25, 0.3) is 0 Å². The maximum atomic E-state index is 12.7. The minimum atomic E-state index is -1.22. The number of methoxy groups -OCH3 is 1. The second kappa shape index (κ2) is 13.3. The van der Waals surface area contributed by atoms with Crippen LogP contribution in [0.1, 0.15) is 25.8 Å². The molecule has 0 aliphatic rings. The van der Waals surface area contributed by atoms with E-state index >= 15 is 0 Å². The van der Waals surface area contributed by atoms with Gasteiger partial charge < -0.3 is 36.6 Å². The first-order valence-electron chi connectivity index (χ1n) is 10.2. The molecule has 0 aliphatic heterocycles. The Morgan fingerprint density at radius 3 is 2.19 bits per heavy atom. The number of hydrogen-bond donors (Lipinski definition) is 6.